The van der Waals surface area contributed by atoms with Gasteiger partial charge >= 0.3 is 5.97 Å². The number of anilines is 1. The van der Waals surface area contributed by atoms with Crippen LogP contribution in [0.4, 0.5) is 11.4 Å². The molecule has 2 atom stereocenters. The minimum Gasteiger partial charge on any atom is -0.461 e. The first-order valence-electron chi connectivity index (χ1n) is 9.12. The van der Waals surface area contributed by atoms with Gasteiger partial charge in [0, 0.05) is 12.1 Å². The maximum Gasteiger partial charge on any atom is 0.355 e. The van der Waals surface area contributed by atoms with Crippen molar-refractivity contribution in [1.82, 2.24) is 5.43 Å². The van der Waals surface area contributed by atoms with Crippen LogP contribution in [0.25, 0.3) is 0 Å². The number of non-ortho nitro benzene ring substituents is 1. The van der Waals surface area contributed by atoms with Gasteiger partial charge in [-0.3, -0.25) is 25.1 Å². The number of hydrogen-bond donors (Lipinski definition) is 1. The number of carbonyl (C=O) groups excluding carboxylic acids is 3. The number of nitro benzene ring substituents is 1. The van der Waals surface area contributed by atoms with Gasteiger partial charge in [0.1, 0.15) is 5.92 Å². The quantitative estimate of drug-likeness (QED) is 0.343. The van der Waals surface area contributed by atoms with Gasteiger partial charge in [0.15, 0.2) is 11.3 Å². The van der Waals surface area contributed by atoms with E-state index >= 15 is 0 Å². The average molecular weight is 408 g/mol. The second kappa shape index (κ2) is 7.07. The molecule has 0 unspecified atom stereocenters. The highest BCUT2D eigenvalue weighted by atomic mass is 16.6. The molecule has 4 rings (SSSR count). The van der Waals surface area contributed by atoms with E-state index in [1.54, 1.807) is 37.3 Å². The zero-order valence-corrected chi connectivity index (χ0v) is 15.8. The highest BCUT2D eigenvalue weighted by Gasteiger charge is 2.67. The van der Waals surface area contributed by atoms with E-state index in [9.17, 15) is 24.5 Å². The number of esters is 1. The van der Waals surface area contributed by atoms with Crippen LogP contribution < -0.4 is 10.3 Å². The minimum absolute atomic E-state index is 0.0545. The molecule has 0 bridgehead atoms. The smallest absolute Gasteiger partial charge is 0.355 e. The Labute approximate surface area is 170 Å². The number of nitro groups is 1. The van der Waals surface area contributed by atoms with Crippen LogP contribution >= 0.6 is 0 Å². The van der Waals surface area contributed by atoms with Gasteiger partial charge < -0.3 is 4.74 Å². The fraction of sp³-hybridized carbons (Fsp3) is 0.200. The Morgan fingerprint density at radius 1 is 1.23 bits per heavy atom. The molecule has 152 valence electrons. The van der Waals surface area contributed by atoms with Crippen LogP contribution in [0.2, 0.25) is 0 Å². The molecule has 0 spiro atoms. The standard InChI is InChI=1S/C20H16N4O6/c1-2-30-18(26)16-15-17(25)23(13-8-4-3-5-9-13)19(27)20(15,22-21-16)12-7-6-10-14(11-12)24(28)29/h3-11,15,22H,2H2,1H3/t15-,20-/m1/s1. The van der Waals surface area contributed by atoms with E-state index in [1.165, 1.54) is 24.3 Å². The molecular formula is C20H16N4O6. The second-order valence-electron chi connectivity index (χ2n) is 6.69. The Morgan fingerprint density at radius 2 is 1.97 bits per heavy atom. The monoisotopic (exact) mass is 408 g/mol. The topological polar surface area (TPSA) is 131 Å². The Kier molecular flexibility index (Phi) is 4.53. The van der Waals surface area contributed by atoms with Crippen LogP contribution in [0.15, 0.2) is 59.7 Å². The van der Waals surface area contributed by atoms with Crippen molar-refractivity contribution in [3.63, 3.8) is 0 Å². The minimum atomic E-state index is -1.79. The summed E-state index contributed by atoms with van der Waals surface area (Å²) in [6.07, 6.45) is 0. The van der Waals surface area contributed by atoms with Gasteiger partial charge in [-0.1, -0.05) is 30.3 Å². The van der Waals surface area contributed by atoms with Crippen LogP contribution in [0.1, 0.15) is 12.5 Å². The Hall–Kier alpha value is -4.08. The summed E-state index contributed by atoms with van der Waals surface area (Å²) in [5.74, 6) is -3.52. The molecule has 10 nitrogen and oxygen atoms in total. The lowest BCUT2D eigenvalue weighted by Crippen LogP contribution is -2.48. The van der Waals surface area contributed by atoms with Crippen LogP contribution in [0.5, 0.6) is 0 Å². The lowest BCUT2D eigenvalue weighted by molar-refractivity contribution is -0.385. The van der Waals surface area contributed by atoms with Gasteiger partial charge in [0.05, 0.1) is 17.2 Å². The van der Waals surface area contributed by atoms with E-state index in [4.69, 9.17) is 4.74 Å². The first-order chi connectivity index (χ1) is 14.4. The van der Waals surface area contributed by atoms with Gasteiger partial charge in [-0.05, 0) is 24.6 Å². The molecule has 30 heavy (non-hydrogen) atoms. The summed E-state index contributed by atoms with van der Waals surface area (Å²) in [6.45, 7) is 1.66. The van der Waals surface area contributed by atoms with Crippen molar-refractivity contribution in [3.05, 3.63) is 70.3 Å². The third-order valence-corrected chi connectivity index (χ3v) is 5.08. The van der Waals surface area contributed by atoms with Crippen molar-refractivity contribution >= 4 is 34.9 Å². The van der Waals surface area contributed by atoms with E-state index in [1.807, 2.05) is 0 Å². The van der Waals surface area contributed by atoms with Crippen molar-refractivity contribution < 1.29 is 24.0 Å². The zero-order chi connectivity index (χ0) is 21.5. The van der Waals surface area contributed by atoms with Crippen LogP contribution in [0.3, 0.4) is 0 Å². The fourth-order valence-electron chi connectivity index (χ4n) is 3.77. The predicted octanol–water partition coefficient (Wildman–Crippen LogP) is 1.50. The molecule has 0 aromatic heterocycles. The summed E-state index contributed by atoms with van der Waals surface area (Å²) in [6, 6.07) is 13.6. The lowest BCUT2D eigenvalue weighted by atomic mass is 9.78. The average Bonchev–Trinajstić information content (AvgIpc) is 3.25. The second-order valence-corrected chi connectivity index (χ2v) is 6.69. The largest absolute Gasteiger partial charge is 0.461 e. The van der Waals surface area contributed by atoms with E-state index in [2.05, 4.69) is 10.5 Å². The molecule has 2 aliphatic heterocycles. The molecule has 0 radical (unpaired) electrons. The van der Waals surface area contributed by atoms with Crippen LogP contribution in [-0.2, 0) is 24.7 Å². The molecule has 10 heteroatoms. The molecule has 2 heterocycles. The molecule has 2 amide bonds. The lowest BCUT2D eigenvalue weighted by Gasteiger charge is -2.26. The molecular weight excluding hydrogens is 392 g/mol. The first kappa shape index (κ1) is 19.2. The maximum absolute atomic E-state index is 13.6. The number of hydrazone groups is 1. The highest BCUT2D eigenvalue weighted by Crippen LogP contribution is 2.45. The normalized spacial score (nSPS) is 22.4. The molecule has 2 aliphatic rings. The number of nitrogens with zero attached hydrogens (tertiary/aromatic N) is 3. The maximum atomic E-state index is 13.6. The number of rotatable bonds is 5. The number of amides is 2. The first-order valence-corrected chi connectivity index (χ1v) is 9.12. The van der Waals surface area contributed by atoms with Gasteiger partial charge in [-0.2, -0.15) is 5.10 Å². The SMILES string of the molecule is CCOC(=O)C1=NN[C@@]2(c3cccc([N+](=O)[O-])c3)C(=O)N(c3ccccc3)C(=O)[C@@H]12. The summed E-state index contributed by atoms with van der Waals surface area (Å²) >= 11 is 0. The Bertz CT molecular complexity index is 1100. The summed E-state index contributed by atoms with van der Waals surface area (Å²) < 4.78 is 5.00. The predicted molar refractivity (Wildman–Crippen MR) is 104 cm³/mol. The molecule has 0 saturated carbocycles. The summed E-state index contributed by atoms with van der Waals surface area (Å²) in [4.78, 5) is 51.0. The molecule has 0 aliphatic carbocycles. The number of hydrogen-bond acceptors (Lipinski definition) is 8. The van der Waals surface area contributed by atoms with Crippen LogP contribution in [-0.4, -0.2) is 35.0 Å². The number of fused-ring (bicyclic) bond motifs is 1. The van der Waals surface area contributed by atoms with Crippen LogP contribution in [0, 0.1) is 16.0 Å². The number of benzene rings is 2. The van der Waals surface area contributed by atoms with E-state index < -0.39 is 34.2 Å². The number of nitrogens with one attached hydrogen (secondary N) is 1. The van der Waals surface area contributed by atoms with Crippen molar-refractivity contribution in [3.8, 4) is 0 Å². The van der Waals surface area contributed by atoms with Crippen molar-refractivity contribution in [2.24, 2.45) is 11.0 Å². The van der Waals surface area contributed by atoms with E-state index in [-0.39, 0.29) is 23.6 Å². The van der Waals surface area contributed by atoms with Gasteiger partial charge in [-0.25, -0.2) is 9.69 Å². The highest BCUT2D eigenvalue weighted by molar-refractivity contribution is 6.47. The van der Waals surface area contributed by atoms with Gasteiger partial charge in [0.2, 0.25) is 5.91 Å². The summed E-state index contributed by atoms with van der Waals surface area (Å²) in [5, 5.41) is 15.2. The molecule has 2 aromatic carbocycles. The Morgan fingerprint density at radius 3 is 2.63 bits per heavy atom. The summed E-state index contributed by atoms with van der Waals surface area (Å²) in [5.41, 5.74) is 0.808. The van der Waals surface area contributed by atoms with Crippen molar-refractivity contribution in [2.75, 3.05) is 11.5 Å². The number of ether oxygens (including phenoxy) is 1. The third-order valence-electron chi connectivity index (χ3n) is 5.08. The molecule has 1 fully saturated rings. The number of para-hydroxylation sites is 1. The number of carbonyl (C=O) groups is 3. The van der Waals surface area contributed by atoms with Crippen molar-refractivity contribution in [2.45, 2.75) is 12.5 Å². The fourth-order valence-corrected chi connectivity index (χ4v) is 3.77. The number of imide groups is 1. The molecule has 1 N–H and O–H groups in total. The molecule has 1 saturated heterocycles. The third kappa shape index (κ3) is 2.65. The van der Waals surface area contributed by atoms with Gasteiger partial charge in [0.25, 0.3) is 11.6 Å². The van der Waals surface area contributed by atoms with E-state index in [0.717, 1.165) is 4.90 Å². The van der Waals surface area contributed by atoms with E-state index in [0.29, 0.717) is 5.69 Å². The zero-order valence-electron chi connectivity index (χ0n) is 15.8. The van der Waals surface area contributed by atoms with Crippen molar-refractivity contribution in [1.29, 1.82) is 0 Å². The summed E-state index contributed by atoms with van der Waals surface area (Å²) in [7, 11) is 0. The molecule has 2 aromatic rings. The van der Waals surface area contributed by atoms with Gasteiger partial charge in [-0.15, -0.1) is 0 Å². The Balaban J connectivity index is 1.89.